The van der Waals surface area contributed by atoms with Gasteiger partial charge in [-0.3, -0.25) is 14.6 Å². The molecule has 0 spiro atoms. The van der Waals surface area contributed by atoms with Crippen molar-refractivity contribution in [1.82, 2.24) is 9.80 Å². The van der Waals surface area contributed by atoms with Crippen LogP contribution in [0.5, 0.6) is 0 Å². The first-order chi connectivity index (χ1) is 12.5. The van der Waals surface area contributed by atoms with Gasteiger partial charge in [-0.25, -0.2) is 4.39 Å². The van der Waals surface area contributed by atoms with Crippen LogP contribution in [-0.4, -0.2) is 47.9 Å². The van der Waals surface area contributed by atoms with Gasteiger partial charge in [-0.05, 0) is 32.0 Å². The number of carbonyl (C=O) groups is 1. The van der Waals surface area contributed by atoms with Gasteiger partial charge in [-0.2, -0.15) is 0 Å². The van der Waals surface area contributed by atoms with Crippen LogP contribution in [-0.2, 0) is 11.3 Å². The highest BCUT2D eigenvalue weighted by atomic mass is 19.1. The van der Waals surface area contributed by atoms with Crippen molar-refractivity contribution >= 4 is 11.6 Å². The monoisotopic (exact) mass is 355 g/mol. The summed E-state index contributed by atoms with van der Waals surface area (Å²) in [6.07, 6.45) is 0. The van der Waals surface area contributed by atoms with Gasteiger partial charge in [0.15, 0.2) is 0 Å². The maximum absolute atomic E-state index is 13.8. The van der Waals surface area contributed by atoms with E-state index in [1.54, 1.807) is 6.07 Å². The standard InChI is InChI=1S/C21H26FN3O/c1-16-7-9-19(10-8-16)23-21(26)17(2)25-13-11-24(12-14-25)15-18-5-3-4-6-20(18)22/h3-10,17H,11-15H2,1-2H3,(H,23,26)/t17-/m0/s1. The summed E-state index contributed by atoms with van der Waals surface area (Å²) in [4.78, 5) is 16.9. The summed E-state index contributed by atoms with van der Waals surface area (Å²) >= 11 is 0. The normalized spacial score (nSPS) is 17.0. The Kier molecular flexibility index (Phi) is 6.01. The first kappa shape index (κ1) is 18.5. The third kappa shape index (κ3) is 4.68. The average molecular weight is 355 g/mol. The largest absolute Gasteiger partial charge is 0.325 e. The Balaban J connectivity index is 1.50. The van der Waals surface area contributed by atoms with Crippen molar-refractivity contribution in [3.05, 3.63) is 65.5 Å². The Hall–Kier alpha value is -2.24. The summed E-state index contributed by atoms with van der Waals surface area (Å²) in [5.74, 6) is -0.141. The Morgan fingerprint density at radius 3 is 2.38 bits per heavy atom. The predicted octanol–water partition coefficient (Wildman–Crippen LogP) is 3.28. The molecule has 0 bridgehead atoms. The number of halogens is 1. The quantitative estimate of drug-likeness (QED) is 0.894. The van der Waals surface area contributed by atoms with E-state index in [1.807, 2.05) is 50.2 Å². The van der Waals surface area contributed by atoms with Gasteiger partial charge in [0.2, 0.25) is 5.91 Å². The van der Waals surface area contributed by atoms with Gasteiger partial charge in [0.05, 0.1) is 6.04 Å². The Morgan fingerprint density at radius 2 is 1.73 bits per heavy atom. The highest BCUT2D eigenvalue weighted by molar-refractivity contribution is 5.94. The lowest BCUT2D eigenvalue weighted by molar-refractivity contribution is -0.121. The van der Waals surface area contributed by atoms with Crippen LogP contribution in [0, 0.1) is 12.7 Å². The lowest BCUT2D eigenvalue weighted by Crippen LogP contribution is -2.52. The molecule has 0 aliphatic carbocycles. The fourth-order valence-corrected chi connectivity index (χ4v) is 3.23. The number of piperazine rings is 1. The number of nitrogens with zero attached hydrogens (tertiary/aromatic N) is 2. The molecule has 138 valence electrons. The molecule has 1 saturated heterocycles. The van der Waals surface area contributed by atoms with Gasteiger partial charge in [0.1, 0.15) is 5.82 Å². The highest BCUT2D eigenvalue weighted by Gasteiger charge is 2.25. The molecule has 1 aliphatic heterocycles. The SMILES string of the molecule is Cc1ccc(NC(=O)[C@H](C)N2CCN(Cc3ccccc3F)CC2)cc1. The first-order valence-corrected chi connectivity index (χ1v) is 9.10. The summed E-state index contributed by atoms with van der Waals surface area (Å²) in [6.45, 7) is 7.84. The molecule has 1 amide bonds. The molecular formula is C21H26FN3O. The second kappa shape index (κ2) is 8.43. The molecule has 1 atom stereocenters. The van der Waals surface area contributed by atoms with Crippen molar-refractivity contribution in [2.24, 2.45) is 0 Å². The highest BCUT2D eigenvalue weighted by Crippen LogP contribution is 2.15. The van der Waals surface area contributed by atoms with E-state index in [1.165, 1.54) is 11.6 Å². The van der Waals surface area contributed by atoms with Crippen molar-refractivity contribution in [2.45, 2.75) is 26.4 Å². The maximum Gasteiger partial charge on any atom is 0.241 e. The fraction of sp³-hybridized carbons (Fsp3) is 0.381. The summed E-state index contributed by atoms with van der Waals surface area (Å²) in [7, 11) is 0. The molecule has 1 N–H and O–H groups in total. The van der Waals surface area contributed by atoms with Crippen LogP contribution in [0.2, 0.25) is 0 Å². The molecule has 3 rings (SSSR count). The predicted molar refractivity (Wildman–Crippen MR) is 103 cm³/mol. The number of carbonyl (C=O) groups excluding carboxylic acids is 1. The zero-order valence-electron chi connectivity index (χ0n) is 15.4. The summed E-state index contributed by atoms with van der Waals surface area (Å²) in [5.41, 5.74) is 2.72. The van der Waals surface area contributed by atoms with E-state index >= 15 is 0 Å². The Morgan fingerprint density at radius 1 is 1.08 bits per heavy atom. The number of nitrogens with one attached hydrogen (secondary N) is 1. The van der Waals surface area contributed by atoms with Crippen molar-refractivity contribution in [2.75, 3.05) is 31.5 Å². The Labute approximate surface area is 154 Å². The van der Waals surface area contributed by atoms with Crippen LogP contribution in [0.25, 0.3) is 0 Å². The molecule has 0 unspecified atom stereocenters. The molecule has 1 aliphatic rings. The van der Waals surface area contributed by atoms with E-state index in [0.29, 0.717) is 6.54 Å². The second-order valence-electron chi connectivity index (χ2n) is 6.93. The average Bonchev–Trinajstić information content (AvgIpc) is 2.65. The van der Waals surface area contributed by atoms with Crippen LogP contribution in [0.3, 0.4) is 0 Å². The first-order valence-electron chi connectivity index (χ1n) is 9.10. The van der Waals surface area contributed by atoms with E-state index in [4.69, 9.17) is 0 Å². The number of hydrogen-bond acceptors (Lipinski definition) is 3. The zero-order valence-corrected chi connectivity index (χ0v) is 15.4. The van der Waals surface area contributed by atoms with Crippen molar-refractivity contribution < 1.29 is 9.18 Å². The molecule has 0 radical (unpaired) electrons. The van der Waals surface area contributed by atoms with Crippen LogP contribution in [0.4, 0.5) is 10.1 Å². The third-order valence-electron chi connectivity index (χ3n) is 5.00. The fourth-order valence-electron chi connectivity index (χ4n) is 3.23. The van der Waals surface area contributed by atoms with Gasteiger partial charge in [0, 0.05) is 44.0 Å². The smallest absolute Gasteiger partial charge is 0.241 e. The second-order valence-corrected chi connectivity index (χ2v) is 6.93. The molecule has 2 aromatic rings. The van der Waals surface area contributed by atoms with Gasteiger partial charge in [0.25, 0.3) is 0 Å². The Bertz CT molecular complexity index is 739. The summed E-state index contributed by atoms with van der Waals surface area (Å²) in [5, 5.41) is 2.98. The van der Waals surface area contributed by atoms with Gasteiger partial charge in [-0.1, -0.05) is 35.9 Å². The van der Waals surface area contributed by atoms with Gasteiger partial charge < -0.3 is 5.32 Å². The molecule has 0 aromatic heterocycles. The third-order valence-corrected chi connectivity index (χ3v) is 5.00. The van der Waals surface area contributed by atoms with Crippen molar-refractivity contribution in [1.29, 1.82) is 0 Å². The molecule has 0 saturated carbocycles. The number of hydrogen-bond donors (Lipinski definition) is 1. The number of amides is 1. The van der Waals surface area contributed by atoms with Gasteiger partial charge >= 0.3 is 0 Å². The van der Waals surface area contributed by atoms with Crippen LogP contribution in [0.1, 0.15) is 18.1 Å². The minimum atomic E-state index is -0.188. The molecule has 1 heterocycles. The molecule has 26 heavy (non-hydrogen) atoms. The van der Waals surface area contributed by atoms with E-state index in [9.17, 15) is 9.18 Å². The minimum Gasteiger partial charge on any atom is -0.325 e. The molecule has 2 aromatic carbocycles. The maximum atomic E-state index is 13.8. The van der Waals surface area contributed by atoms with E-state index < -0.39 is 0 Å². The molecule has 4 nitrogen and oxygen atoms in total. The summed E-state index contributed by atoms with van der Waals surface area (Å²) in [6, 6.07) is 14.5. The van der Waals surface area contributed by atoms with Crippen LogP contribution >= 0.6 is 0 Å². The molecular weight excluding hydrogens is 329 g/mol. The van der Waals surface area contributed by atoms with Crippen LogP contribution < -0.4 is 5.32 Å². The lowest BCUT2D eigenvalue weighted by Gasteiger charge is -2.37. The number of rotatable bonds is 5. The summed E-state index contributed by atoms with van der Waals surface area (Å²) < 4.78 is 13.8. The molecule has 1 fully saturated rings. The lowest BCUT2D eigenvalue weighted by atomic mass is 10.1. The zero-order chi connectivity index (χ0) is 18.5. The minimum absolute atomic E-state index is 0.0106. The number of benzene rings is 2. The molecule has 5 heteroatoms. The van der Waals surface area contributed by atoms with Crippen molar-refractivity contribution in [3.8, 4) is 0 Å². The van der Waals surface area contributed by atoms with Gasteiger partial charge in [-0.15, -0.1) is 0 Å². The van der Waals surface area contributed by atoms with Crippen LogP contribution in [0.15, 0.2) is 48.5 Å². The number of anilines is 1. The topological polar surface area (TPSA) is 35.6 Å². The number of aryl methyl sites for hydroxylation is 1. The van der Waals surface area contributed by atoms with E-state index in [2.05, 4.69) is 15.1 Å². The van der Waals surface area contributed by atoms with E-state index in [-0.39, 0.29) is 17.8 Å². The van der Waals surface area contributed by atoms with Crippen molar-refractivity contribution in [3.63, 3.8) is 0 Å². The van der Waals surface area contributed by atoms with E-state index in [0.717, 1.165) is 37.4 Å².